The summed E-state index contributed by atoms with van der Waals surface area (Å²) in [5.41, 5.74) is -3.54. The number of benzene rings is 2. The molecule has 2 aromatic rings. The average molecular weight is 351 g/mol. The fourth-order valence-corrected chi connectivity index (χ4v) is 2.56. The highest BCUT2D eigenvalue weighted by Gasteiger charge is 2.29. The van der Waals surface area contributed by atoms with E-state index in [0.29, 0.717) is 5.56 Å². The molecule has 0 radical (unpaired) electrons. The molecule has 0 saturated heterocycles. The summed E-state index contributed by atoms with van der Waals surface area (Å²) in [5.74, 6) is -0.483. The monoisotopic (exact) mass is 350 g/mol. The Morgan fingerprint density at radius 1 is 1.00 bits per heavy atom. The molecule has 0 aromatic heterocycles. The highest BCUT2D eigenvalue weighted by molar-refractivity contribution is 8.00. The van der Waals surface area contributed by atoms with Crippen LogP contribution in [0.15, 0.2) is 41.3 Å². The molecule has 0 unspecified atom stereocenters. The standard InChI is InChI=1S/C14H9ClF4S.C2H6/c1-8-3-2-4-10(13(8)16)11-7-9(5-6-12(11)15)20-14(17,18)19;1-2/h2-7H,1H3;1-2H3. The minimum atomic E-state index is -4.39. The normalized spacial score (nSPS) is 10.9. The lowest BCUT2D eigenvalue weighted by Crippen LogP contribution is -1.99. The van der Waals surface area contributed by atoms with E-state index in [1.807, 2.05) is 13.8 Å². The van der Waals surface area contributed by atoms with Gasteiger partial charge < -0.3 is 0 Å². The Balaban J connectivity index is 0.00000116. The molecule has 2 aromatic carbocycles. The minimum Gasteiger partial charge on any atom is -0.206 e. The summed E-state index contributed by atoms with van der Waals surface area (Å²) in [5, 5.41) is 0.209. The zero-order valence-electron chi connectivity index (χ0n) is 12.3. The van der Waals surface area contributed by atoms with Crippen molar-refractivity contribution in [2.75, 3.05) is 0 Å². The highest BCUT2D eigenvalue weighted by atomic mass is 35.5. The zero-order chi connectivity index (χ0) is 16.9. The third-order valence-electron chi connectivity index (χ3n) is 2.65. The van der Waals surface area contributed by atoms with E-state index in [9.17, 15) is 17.6 Å². The summed E-state index contributed by atoms with van der Waals surface area (Å²) in [6, 6.07) is 8.56. The first-order chi connectivity index (χ1) is 10.3. The van der Waals surface area contributed by atoms with Crippen LogP contribution in [-0.2, 0) is 0 Å². The van der Waals surface area contributed by atoms with E-state index < -0.39 is 11.3 Å². The number of hydrogen-bond donors (Lipinski definition) is 0. The lowest BCUT2D eigenvalue weighted by Gasteiger charge is -2.11. The second kappa shape index (κ2) is 7.88. The van der Waals surface area contributed by atoms with Crippen molar-refractivity contribution < 1.29 is 17.6 Å². The zero-order valence-corrected chi connectivity index (χ0v) is 13.8. The lowest BCUT2D eigenvalue weighted by atomic mass is 10.0. The first-order valence-corrected chi connectivity index (χ1v) is 7.78. The second-order valence-corrected chi connectivity index (χ2v) is 5.67. The third kappa shape index (κ3) is 4.92. The molecule has 0 nitrogen and oxygen atoms in total. The van der Waals surface area contributed by atoms with Crippen molar-refractivity contribution in [2.45, 2.75) is 31.2 Å². The molecule has 0 N–H and O–H groups in total. The maximum atomic E-state index is 14.0. The molecule has 0 heterocycles. The smallest absolute Gasteiger partial charge is 0.206 e. The lowest BCUT2D eigenvalue weighted by molar-refractivity contribution is -0.0328. The molecule has 120 valence electrons. The molecular weight excluding hydrogens is 336 g/mol. The van der Waals surface area contributed by atoms with Gasteiger partial charge in [0, 0.05) is 21.0 Å². The van der Waals surface area contributed by atoms with Gasteiger partial charge in [-0.2, -0.15) is 13.2 Å². The Hall–Kier alpha value is -1.20. The molecule has 6 heteroatoms. The van der Waals surface area contributed by atoms with Gasteiger partial charge in [-0.25, -0.2) is 4.39 Å². The molecule has 22 heavy (non-hydrogen) atoms. The molecular formula is C16H15ClF4S. The van der Waals surface area contributed by atoms with Crippen LogP contribution in [0.3, 0.4) is 0 Å². The quantitative estimate of drug-likeness (QED) is 0.411. The van der Waals surface area contributed by atoms with Gasteiger partial charge in [-0.1, -0.05) is 43.6 Å². The Morgan fingerprint density at radius 2 is 1.64 bits per heavy atom. The second-order valence-electron chi connectivity index (χ2n) is 4.13. The maximum absolute atomic E-state index is 14.0. The van der Waals surface area contributed by atoms with E-state index in [4.69, 9.17) is 11.6 Å². The minimum absolute atomic E-state index is 0.0298. The van der Waals surface area contributed by atoms with Crippen LogP contribution in [0.25, 0.3) is 11.1 Å². The van der Waals surface area contributed by atoms with Crippen LogP contribution in [0.1, 0.15) is 19.4 Å². The topological polar surface area (TPSA) is 0 Å². The van der Waals surface area contributed by atoms with Gasteiger partial charge in [-0.3, -0.25) is 0 Å². The largest absolute Gasteiger partial charge is 0.446 e. The third-order valence-corrected chi connectivity index (χ3v) is 3.70. The molecule has 0 atom stereocenters. The number of thioether (sulfide) groups is 1. The van der Waals surface area contributed by atoms with Gasteiger partial charge in [0.15, 0.2) is 0 Å². The fraction of sp³-hybridized carbons (Fsp3) is 0.250. The Labute approximate surface area is 136 Å². The Kier molecular flexibility index (Phi) is 6.75. The Morgan fingerprint density at radius 3 is 2.23 bits per heavy atom. The van der Waals surface area contributed by atoms with Crippen LogP contribution in [-0.4, -0.2) is 5.51 Å². The van der Waals surface area contributed by atoms with E-state index in [2.05, 4.69) is 0 Å². The number of rotatable bonds is 2. The molecule has 2 rings (SSSR count). The first kappa shape index (κ1) is 18.8. The number of hydrogen-bond acceptors (Lipinski definition) is 1. The SMILES string of the molecule is CC.Cc1cccc(-c2cc(SC(F)(F)F)ccc2Cl)c1F. The van der Waals surface area contributed by atoms with Crippen molar-refractivity contribution in [3.05, 3.63) is 52.8 Å². The van der Waals surface area contributed by atoms with Crippen molar-refractivity contribution in [3.63, 3.8) is 0 Å². The van der Waals surface area contributed by atoms with Gasteiger partial charge >= 0.3 is 5.51 Å². The van der Waals surface area contributed by atoms with Gasteiger partial charge in [-0.05, 0) is 42.4 Å². The van der Waals surface area contributed by atoms with E-state index >= 15 is 0 Å². The molecule has 0 bridgehead atoms. The Bertz CT molecular complexity index is 639. The number of aryl methyl sites for hydroxylation is 1. The summed E-state index contributed by atoms with van der Waals surface area (Å²) in [6.45, 7) is 5.58. The maximum Gasteiger partial charge on any atom is 0.446 e. The first-order valence-electron chi connectivity index (χ1n) is 6.59. The predicted molar refractivity (Wildman–Crippen MR) is 84.8 cm³/mol. The van der Waals surface area contributed by atoms with E-state index in [-0.39, 0.29) is 32.8 Å². The number of alkyl halides is 3. The molecule has 0 fully saturated rings. The molecule has 0 aliphatic rings. The molecule has 0 amide bonds. The van der Waals surface area contributed by atoms with Crippen LogP contribution < -0.4 is 0 Å². The van der Waals surface area contributed by atoms with Gasteiger partial charge in [0.1, 0.15) is 5.82 Å². The highest BCUT2D eigenvalue weighted by Crippen LogP contribution is 2.40. The number of halogens is 5. The van der Waals surface area contributed by atoms with Crippen LogP contribution >= 0.6 is 23.4 Å². The van der Waals surface area contributed by atoms with Crippen LogP contribution in [0.4, 0.5) is 17.6 Å². The van der Waals surface area contributed by atoms with Gasteiger partial charge in [0.25, 0.3) is 0 Å². The van der Waals surface area contributed by atoms with Gasteiger partial charge in [0.2, 0.25) is 0 Å². The van der Waals surface area contributed by atoms with Gasteiger partial charge in [0.05, 0.1) is 0 Å². The molecule has 0 aliphatic heterocycles. The van der Waals surface area contributed by atoms with E-state index in [1.165, 1.54) is 24.3 Å². The predicted octanol–water partition coefficient (Wildman–Crippen LogP) is 7.09. The van der Waals surface area contributed by atoms with Crippen molar-refractivity contribution in [2.24, 2.45) is 0 Å². The fourth-order valence-electron chi connectivity index (χ4n) is 1.76. The molecule has 0 saturated carbocycles. The summed E-state index contributed by atoms with van der Waals surface area (Å²) < 4.78 is 51.2. The van der Waals surface area contributed by atoms with E-state index in [0.717, 1.165) is 0 Å². The summed E-state index contributed by atoms with van der Waals surface area (Å²) in [7, 11) is 0. The average Bonchev–Trinajstić information content (AvgIpc) is 2.45. The van der Waals surface area contributed by atoms with Crippen LogP contribution in [0.5, 0.6) is 0 Å². The summed E-state index contributed by atoms with van der Waals surface area (Å²) >= 11 is 5.72. The molecule has 0 spiro atoms. The summed E-state index contributed by atoms with van der Waals surface area (Å²) in [4.78, 5) is -0.0298. The van der Waals surface area contributed by atoms with Crippen molar-refractivity contribution in [3.8, 4) is 11.1 Å². The summed E-state index contributed by atoms with van der Waals surface area (Å²) in [6.07, 6.45) is 0. The van der Waals surface area contributed by atoms with Crippen molar-refractivity contribution >= 4 is 23.4 Å². The van der Waals surface area contributed by atoms with Crippen LogP contribution in [0, 0.1) is 12.7 Å². The van der Waals surface area contributed by atoms with E-state index in [1.54, 1.807) is 19.1 Å². The molecule has 0 aliphatic carbocycles. The van der Waals surface area contributed by atoms with Gasteiger partial charge in [-0.15, -0.1) is 0 Å². The van der Waals surface area contributed by atoms with Crippen molar-refractivity contribution in [1.29, 1.82) is 0 Å². The van der Waals surface area contributed by atoms with Crippen LogP contribution in [0.2, 0.25) is 5.02 Å². The van der Waals surface area contributed by atoms with Crippen molar-refractivity contribution in [1.82, 2.24) is 0 Å².